The first kappa shape index (κ1) is 26.1. The Labute approximate surface area is 204 Å². The number of hydrogen-bond acceptors (Lipinski definition) is 6. The number of thioether (sulfide) groups is 1. The van der Waals surface area contributed by atoms with Gasteiger partial charge < -0.3 is 13.3 Å². The second-order valence-corrected chi connectivity index (χ2v) is 11.9. The van der Waals surface area contributed by atoms with Crippen molar-refractivity contribution in [2.24, 2.45) is 0 Å². The molecule has 0 unspecified atom stereocenters. The number of nitrogens with zero attached hydrogens (tertiary/aromatic N) is 2. The molecule has 180 valence electrons. The highest BCUT2D eigenvalue weighted by Crippen LogP contribution is 2.33. The molecule has 5 nitrogen and oxygen atoms in total. The Kier molecular flexibility index (Phi) is 11.1. The maximum Gasteiger partial charge on any atom is 0.500 e. The Balaban J connectivity index is 1.39. The van der Waals surface area contributed by atoms with Gasteiger partial charge in [0.2, 0.25) is 0 Å². The van der Waals surface area contributed by atoms with Gasteiger partial charge in [0.25, 0.3) is 0 Å². The number of benzene rings is 1. The average molecular weight is 487 g/mol. The van der Waals surface area contributed by atoms with Crippen molar-refractivity contribution in [2.45, 2.75) is 70.2 Å². The fraction of sp³-hybridized carbons (Fsp3) is 0.538. The van der Waals surface area contributed by atoms with Crippen molar-refractivity contribution < 1.29 is 13.3 Å². The van der Waals surface area contributed by atoms with Gasteiger partial charge in [0, 0.05) is 53.9 Å². The van der Waals surface area contributed by atoms with E-state index in [-0.39, 0.29) is 0 Å². The van der Waals surface area contributed by atoms with Crippen molar-refractivity contribution >= 4 is 42.4 Å². The zero-order valence-corrected chi connectivity index (χ0v) is 22.2. The highest BCUT2D eigenvalue weighted by molar-refractivity contribution is 7.99. The zero-order valence-electron chi connectivity index (χ0n) is 20.3. The van der Waals surface area contributed by atoms with Gasteiger partial charge >= 0.3 is 8.80 Å². The minimum Gasteiger partial charge on any atom is -0.374 e. The van der Waals surface area contributed by atoms with E-state index >= 15 is 0 Å². The Bertz CT molecular complexity index is 971. The molecule has 0 atom stereocenters. The third-order valence-corrected chi connectivity index (χ3v) is 9.94. The second-order valence-electron chi connectivity index (χ2n) is 8.05. The molecule has 0 saturated heterocycles. The van der Waals surface area contributed by atoms with Crippen LogP contribution in [-0.2, 0) is 13.3 Å². The first-order chi connectivity index (χ1) is 16.2. The fourth-order valence-corrected chi connectivity index (χ4v) is 7.98. The quantitative estimate of drug-likeness (QED) is 0.0919. The van der Waals surface area contributed by atoms with Gasteiger partial charge in [-0.05, 0) is 57.6 Å². The minimum absolute atomic E-state index is 0.656. The van der Waals surface area contributed by atoms with Gasteiger partial charge in [-0.1, -0.05) is 37.8 Å². The summed E-state index contributed by atoms with van der Waals surface area (Å²) in [6, 6.07) is 11.5. The van der Waals surface area contributed by atoms with Crippen LogP contribution in [0.5, 0.6) is 0 Å². The van der Waals surface area contributed by atoms with E-state index in [0.717, 1.165) is 34.6 Å². The first-order valence-electron chi connectivity index (χ1n) is 12.4. The number of fused-ring (bicyclic) bond motifs is 3. The van der Waals surface area contributed by atoms with Gasteiger partial charge in [-0.15, -0.1) is 11.8 Å². The van der Waals surface area contributed by atoms with Crippen LogP contribution in [0.4, 0.5) is 0 Å². The maximum atomic E-state index is 5.95. The Morgan fingerprint density at radius 2 is 1.36 bits per heavy atom. The summed E-state index contributed by atoms with van der Waals surface area (Å²) in [5.41, 5.74) is 1.99. The summed E-state index contributed by atoms with van der Waals surface area (Å²) in [4.78, 5) is 10.5. The van der Waals surface area contributed by atoms with E-state index in [9.17, 15) is 0 Å². The monoisotopic (exact) mass is 486 g/mol. The molecular formula is C26H38N2O3SSi. The fourth-order valence-electron chi connectivity index (χ4n) is 4.20. The lowest BCUT2D eigenvalue weighted by Crippen LogP contribution is -2.45. The molecule has 0 spiro atoms. The van der Waals surface area contributed by atoms with Crippen LogP contribution in [0.1, 0.15) is 59.3 Å². The Morgan fingerprint density at radius 1 is 0.758 bits per heavy atom. The normalized spacial score (nSPS) is 12.1. The lowest BCUT2D eigenvalue weighted by Gasteiger charge is -2.28. The largest absolute Gasteiger partial charge is 0.500 e. The topological polar surface area (TPSA) is 53.5 Å². The maximum absolute atomic E-state index is 5.95. The van der Waals surface area contributed by atoms with Crippen LogP contribution in [-0.4, -0.2) is 44.3 Å². The van der Waals surface area contributed by atoms with Crippen LogP contribution in [0.15, 0.2) is 47.6 Å². The van der Waals surface area contributed by atoms with Gasteiger partial charge in [0.15, 0.2) is 0 Å². The molecule has 0 N–H and O–H groups in total. The molecule has 3 rings (SSSR count). The van der Waals surface area contributed by atoms with E-state index in [4.69, 9.17) is 13.3 Å². The molecule has 0 saturated carbocycles. The molecule has 2 aromatic heterocycles. The molecule has 7 heteroatoms. The third-order valence-electron chi connectivity index (χ3n) is 5.65. The summed E-state index contributed by atoms with van der Waals surface area (Å²) < 4.78 is 17.9. The van der Waals surface area contributed by atoms with E-state index in [0.29, 0.717) is 19.8 Å². The van der Waals surface area contributed by atoms with Crippen LogP contribution < -0.4 is 0 Å². The number of aromatic nitrogens is 2. The predicted molar refractivity (Wildman–Crippen MR) is 141 cm³/mol. The van der Waals surface area contributed by atoms with Crippen molar-refractivity contribution in [3.8, 4) is 0 Å². The van der Waals surface area contributed by atoms with Gasteiger partial charge in [-0.2, -0.15) is 0 Å². The smallest absolute Gasteiger partial charge is 0.374 e. The standard InChI is InChI=1S/C26H38N2O3SSi/c1-4-29-33(30-5-2,31-6-3)20-12-10-8-7-9-11-19-32-24-21-22-15-13-17-27-25(22)26-23(24)16-14-18-28-26/h13-18,21H,4-12,19-20H2,1-3H3. The molecule has 0 bridgehead atoms. The molecule has 33 heavy (non-hydrogen) atoms. The molecule has 2 heterocycles. The molecule has 0 radical (unpaired) electrons. The van der Waals surface area contributed by atoms with Crippen LogP contribution in [0, 0.1) is 0 Å². The molecule has 1 aromatic carbocycles. The summed E-state index contributed by atoms with van der Waals surface area (Å²) in [7, 11) is -2.47. The number of rotatable bonds is 16. The lowest BCUT2D eigenvalue weighted by atomic mass is 10.1. The van der Waals surface area contributed by atoms with E-state index in [1.165, 1.54) is 42.4 Å². The third kappa shape index (κ3) is 7.49. The van der Waals surface area contributed by atoms with Crippen LogP contribution in [0.3, 0.4) is 0 Å². The van der Waals surface area contributed by atoms with Crippen molar-refractivity contribution in [2.75, 3.05) is 25.6 Å². The summed E-state index contributed by atoms with van der Waals surface area (Å²) in [6.45, 7) is 8.03. The minimum atomic E-state index is -2.47. The molecule has 0 aliphatic heterocycles. The molecule has 0 fully saturated rings. The van der Waals surface area contributed by atoms with E-state index in [2.05, 4.69) is 28.2 Å². The van der Waals surface area contributed by atoms with Crippen molar-refractivity contribution in [3.63, 3.8) is 0 Å². The molecule has 3 aromatic rings. The van der Waals surface area contributed by atoms with Gasteiger partial charge in [0.1, 0.15) is 0 Å². The van der Waals surface area contributed by atoms with Gasteiger partial charge in [-0.25, -0.2) is 0 Å². The summed E-state index contributed by atoms with van der Waals surface area (Å²) >= 11 is 1.94. The number of pyridine rings is 2. The highest BCUT2D eigenvalue weighted by atomic mass is 32.2. The molecule has 0 aliphatic rings. The Hall–Kier alpha value is -1.51. The van der Waals surface area contributed by atoms with Crippen LogP contribution >= 0.6 is 11.8 Å². The molecule has 0 amide bonds. The molecular weight excluding hydrogens is 448 g/mol. The summed E-state index contributed by atoms with van der Waals surface area (Å²) in [6.07, 6.45) is 11.1. The van der Waals surface area contributed by atoms with Gasteiger partial charge in [-0.3, -0.25) is 9.97 Å². The van der Waals surface area contributed by atoms with Crippen LogP contribution in [0.25, 0.3) is 21.8 Å². The number of hydrogen-bond donors (Lipinski definition) is 0. The summed E-state index contributed by atoms with van der Waals surface area (Å²) in [5, 5.41) is 2.37. The van der Waals surface area contributed by atoms with Gasteiger partial charge in [0.05, 0.1) is 11.0 Å². The second kappa shape index (κ2) is 14.0. The van der Waals surface area contributed by atoms with Crippen LogP contribution in [0.2, 0.25) is 6.04 Å². The van der Waals surface area contributed by atoms with E-state index in [1.54, 1.807) is 0 Å². The highest BCUT2D eigenvalue weighted by Gasteiger charge is 2.39. The summed E-state index contributed by atoms with van der Waals surface area (Å²) in [5.74, 6) is 1.13. The van der Waals surface area contributed by atoms with E-state index < -0.39 is 8.80 Å². The predicted octanol–water partition coefficient (Wildman–Crippen LogP) is 7.26. The van der Waals surface area contributed by atoms with Crippen molar-refractivity contribution in [1.29, 1.82) is 0 Å². The zero-order chi connectivity index (χ0) is 23.4. The van der Waals surface area contributed by atoms with Crippen molar-refractivity contribution in [3.05, 3.63) is 42.7 Å². The molecule has 0 aliphatic carbocycles. The SMILES string of the molecule is CCO[Si](CCCCCCCCSc1cc2cccnc2c2ncccc12)(OCC)OCC. The number of unbranched alkanes of at least 4 members (excludes halogenated alkanes) is 5. The average Bonchev–Trinajstić information content (AvgIpc) is 2.83. The lowest BCUT2D eigenvalue weighted by molar-refractivity contribution is 0.0706. The van der Waals surface area contributed by atoms with E-state index in [1.807, 2.05) is 57.1 Å². The Morgan fingerprint density at radius 3 is 2.06 bits per heavy atom. The van der Waals surface area contributed by atoms with Crippen molar-refractivity contribution in [1.82, 2.24) is 9.97 Å². The first-order valence-corrected chi connectivity index (χ1v) is 15.3.